The summed E-state index contributed by atoms with van der Waals surface area (Å²) in [4.78, 5) is 25.8. The summed E-state index contributed by atoms with van der Waals surface area (Å²) in [6.45, 7) is 9.85. The molecule has 2 aromatic rings. The van der Waals surface area contributed by atoms with Crippen LogP contribution in [0.25, 0.3) is 0 Å². The molecule has 1 saturated heterocycles. The fraction of sp³-hybridized carbons (Fsp3) is 0.476. The van der Waals surface area contributed by atoms with E-state index < -0.39 is 10.0 Å². The Morgan fingerprint density at radius 1 is 1.07 bits per heavy atom. The van der Waals surface area contributed by atoms with Crippen LogP contribution in [0.5, 0.6) is 0 Å². The van der Waals surface area contributed by atoms with Gasteiger partial charge in [-0.05, 0) is 45.9 Å². The number of benzene rings is 1. The molecule has 30 heavy (non-hydrogen) atoms. The zero-order valence-corrected chi connectivity index (χ0v) is 19.0. The van der Waals surface area contributed by atoms with Crippen LogP contribution in [0.2, 0.25) is 0 Å². The van der Waals surface area contributed by atoms with Crippen molar-refractivity contribution in [3.8, 4) is 0 Å². The average Bonchev–Trinajstić information content (AvgIpc) is 2.72. The summed E-state index contributed by atoms with van der Waals surface area (Å²) in [7, 11) is -2.09. The van der Waals surface area contributed by atoms with Crippen molar-refractivity contribution in [3.63, 3.8) is 0 Å². The number of piperazine rings is 1. The maximum absolute atomic E-state index is 13.0. The van der Waals surface area contributed by atoms with Crippen LogP contribution in [0.4, 0.5) is 5.82 Å². The van der Waals surface area contributed by atoms with Crippen molar-refractivity contribution < 1.29 is 13.2 Å². The third-order valence-electron chi connectivity index (χ3n) is 5.33. The van der Waals surface area contributed by atoms with Crippen LogP contribution in [0.1, 0.15) is 35.7 Å². The lowest BCUT2D eigenvalue weighted by Gasteiger charge is -2.35. The van der Waals surface area contributed by atoms with E-state index in [1.165, 1.54) is 16.4 Å². The number of nitrogens with zero attached hydrogens (tertiary/aromatic N) is 5. The molecule has 8 nitrogen and oxygen atoms in total. The summed E-state index contributed by atoms with van der Waals surface area (Å²) in [5.41, 5.74) is 1.30. The van der Waals surface area contributed by atoms with Gasteiger partial charge in [0, 0.05) is 56.6 Å². The Morgan fingerprint density at radius 3 is 2.33 bits per heavy atom. The van der Waals surface area contributed by atoms with Crippen molar-refractivity contribution >= 4 is 21.7 Å². The molecule has 0 atom stereocenters. The first kappa shape index (κ1) is 22.2. The molecule has 1 aromatic carbocycles. The van der Waals surface area contributed by atoms with Crippen LogP contribution in [0.3, 0.4) is 0 Å². The number of hydrogen-bond acceptors (Lipinski definition) is 6. The lowest BCUT2D eigenvalue weighted by Crippen LogP contribution is -2.49. The summed E-state index contributed by atoms with van der Waals surface area (Å²) in [5.74, 6) is 1.44. The number of hydrogen-bond donors (Lipinski definition) is 0. The van der Waals surface area contributed by atoms with E-state index in [2.05, 4.69) is 14.9 Å². The molecule has 1 amide bonds. The second kappa shape index (κ2) is 8.69. The zero-order valence-electron chi connectivity index (χ0n) is 18.2. The predicted octanol–water partition coefficient (Wildman–Crippen LogP) is 2.08. The summed E-state index contributed by atoms with van der Waals surface area (Å²) >= 11 is 0. The Kier molecular flexibility index (Phi) is 6.42. The van der Waals surface area contributed by atoms with Gasteiger partial charge in [-0.15, -0.1) is 0 Å². The van der Waals surface area contributed by atoms with E-state index in [0.29, 0.717) is 31.7 Å². The highest BCUT2D eigenvalue weighted by Gasteiger charge is 2.26. The lowest BCUT2D eigenvalue weighted by atomic mass is 10.2. The Morgan fingerprint density at radius 2 is 1.73 bits per heavy atom. The van der Waals surface area contributed by atoms with Crippen LogP contribution < -0.4 is 4.90 Å². The number of rotatable bonds is 5. The Hall–Kier alpha value is -2.52. The third kappa shape index (κ3) is 4.62. The minimum atomic E-state index is -3.64. The number of amides is 1. The van der Waals surface area contributed by atoms with E-state index in [4.69, 9.17) is 0 Å². The lowest BCUT2D eigenvalue weighted by molar-refractivity contribution is 0.0746. The van der Waals surface area contributed by atoms with E-state index in [0.717, 1.165) is 17.3 Å². The van der Waals surface area contributed by atoms with Crippen molar-refractivity contribution in [2.75, 3.05) is 38.1 Å². The second-order valence-electron chi connectivity index (χ2n) is 7.84. The van der Waals surface area contributed by atoms with Crippen LogP contribution in [-0.2, 0) is 10.0 Å². The Bertz CT molecular complexity index is 1010. The zero-order chi connectivity index (χ0) is 22.1. The van der Waals surface area contributed by atoms with Crippen LogP contribution in [0.15, 0.2) is 35.2 Å². The van der Waals surface area contributed by atoms with E-state index in [1.807, 2.05) is 33.8 Å². The normalized spacial score (nSPS) is 15.2. The molecule has 2 heterocycles. The summed E-state index contributed by atoms with van der Waals surface area (Å²) in [6, 6.07) is 8.07. The summed E-state index contributed by atoms with van der Waals surface area (Å²) in [5, 5.41) is 0. The fourth-order valence-electron chi connectivity index (χ4n) is 3.41. The molecule has 0 spiro atoms. The molecule has 1 fully saturated rings. The van der Waals surface area contributed by atoms with Crippen LogP contribution in [0, 0.1) is 13.8 Å². The average molecular weight is 432 g/mol. The standard InChI is InChI=1S/C21H29N5O3S/c1-15(2)24(5)30(28,29)19-8-6-7-18(14-19)21(27)26-11-9-25(10-12-26)20-13-16(3)22-17(4)23-20/h6-8,13-15H,9-12H2,1-5H3. The van der Waals surface area contributed by atoms with Crippen molar-refractivity contribution in [1.82, 2.24) is 19.2 Å². The number of anilines is 1. The molecule has 1 aliphatic rings. The number of carbonyl (C=O) groups excluding carboxylic acids is 1. The highest BCUT2D eigenvalue weighted by molar-refractivity contribution is 7.89. The summed E-state index contributed by atoms with van der Waals surface area (Å²) < 4.78 is 26.8. The van der Waals surface area contributed by atoms with Gasteiger partial charge >= 0.3 is 0 Å². The maximum Gasteiger partial charge on any atom is 0.254 e. The van der Waals surface area contributed by atoms with E-state index >= 15 is 0 Å². The molecule has 162 valence electrons. The van der Waals surface area contributed by atoms with Gasteiger partial charge < -0.3 is 9.80 Å². The molecule has 0 saturated carbocycles. The van der Waals surface area contributed by atoms with Crippen LogP contribution >= 0.6 is 0 Å². The minimum Gasteiger partial charge on any atom is -0.353 e. The molecule has 0 aliphatic carbocycles. The Labute approximate surface area is 178 Å². The van der Waals surface area contributed by atoms with Crippen molar-refractivity contribution in [3.05, 3.63) is 47.4 Å². The molecule has 0 N–H and O–H groups in total. The number of aromatic nitrogens is 2. The van der Waals surface area contributed by atoms with E-state index in [1.54, 1.807) is 24.1 Å². The highest BCUT2D eigenvalue weighted by atomic mass is 32.2. The van der Waals surface area contributed by atoms with E-state index in [9.17, 15) is 13.2 Å². The topological polar surface area (TPSA) is 86.7 Å². The van der Waals surface area contributed by atoms with Crippen molar-refractivity contribution in [1.29, 1.82) is 0 Å². The van der Waals surface area contributed by atoms with Gasteiger partial charge in [0.05, 0.1) is 4.90 Å². The molecule has 3 rings (SSSR count). The van der Waals surface area contributed by atoms with Gasteiger partial charge in [-0.2, -0.15) is 4.31 Å². The molecule has 9 heteroatoms. The number of sulfonamides is 1. The summed E-state index contributed by atoms with van der Waals surface area (Å²) in [6.07, 6.45) is 0. The predicted molar refractivity (Wildman–Crippen MR) is 116 cm³/mol. The van der Waals surface area contributed by atoms with Crippen LogP contribution in [-0.4, -0.2) is 72.8 Å². The molecular formula is C21H29N5O3S. The first-order valence-corrected chi connectivity index (χ1v) is 11.5. The van der Waals surface area contributed by atoms with Gasteiger partial charge in [-0.1, -0.05) is 6.07 Å². The molecule has 0 radical (unpaired) electrons. The molecule has 0 bridgehead atoms. The fourth-order valence-corrected chi connectivity index (χ4v) is 4.83. The SMILES string of the molecule is Cc1cc(N2CCN(C(=O)c3cccc(S(=O)(=O)N(C)C(C)C)c3)CC2)nc(C)n1. The van der Waals surface area contributed by atoms with E-state index in [-0.39, 0.29) is 16.8 Å². The minimum absolute atomic E-state index is 0.134. The molecule has 1 aromatic heterocycles. The second-order valence-corrected chi connectivity index (χ2v) is 9.83. The molecule has 0 unspecified atom stereocenters. The van der Waals surface area contributed by atoms with Gasteiger partial charge in [-0.3, -0.25) is 4.79 Å². The highest BCUT2D eigenvalue weighted by Crippen LogP contribution is 2.20. The molecule has 1 aliphatic heterocycles. The third-order valence-corrected chi connectivity index (χ3v) is 7.36. The number of aryl methyl sites for hydroxylation is 2. The molecular weight excluding hydrogens is 402 g/mol. The van der Waals surface area contributed by atoms with Gasteiger partial charge in [0.2, 0.25) is 10.0 Å². The largest absolute Gasteiger partial charge is 0.353 e. The smallest absolute Gasteiger partial charge is 0.254 e. The first-order chi connectivity index (χ1) is 14.1. The van der Waals surface area contributed by atoms with Crippen molar-refractivity contribution in [2.24, 2.45) is 0 Å². The van der Waals surface area contributed by atoms with Gasteiger partial charge in [0.1, 0.15) is 11.6 Å². The van der Waals surface area contributed by atoms with Crippen molar-refractivity contribution in [2.45, 2.75) is 38.6 Å². The number of carbonyl (C=O) groups is 1. The maximum atomic E-state index is 13.0. The van der Waals surface area contributed by atoms with Gasteiger partial charge in [-0.25, -0.2) is 18.4 Å². The Balaban J connectivity index is 1.73. The quantitative estimate of drug-likeness (QED) is 0.720. The van der Waals surface area contributed by atoms with Gasteiger partial charge in [0.15, 0.2) is 0 Å². The first-order valence-electron chi connectivity index (χ1n) is 10.0. The van der Waals surface area contributed by atoms with Gasteiger partial charge in [0.25, 0.3) is 5.91 Å². The monoisotopic (exact) mass is 431 g/mol.